The van der Waals surface area contributed by atoms with Crippen molar-refractivity contribution >= 4 is 142 Å². The van der Waals surface area contributed by atoms with E-state index >= 15 is 0 Å². The number of nitrogens with two attached hydrogens (primary N) is 4. The molecule has 2 saturated heterocycles. The van der Waals surface area contributed by atoms with E-state index in [2.05, 4.69) is 100 Å². The number of H-pyrrole nitrogens is 1. The number of phenolic OH excluding ortho intramolecular Hbond substituents is 1. The number of hydrogen-bond donors (Lipinski definition) is 29. The normalized spacial score (nSPS) is 16.4. The first kappa shape index (κ1) is 123. The lowest BCUT2D eigenvalue weighted by Crippen LogP contribution is -2.61. The van der Waals surface area contributed by atoms with Crippen molar-refractivity contribution < 1.29 is 151 Å². The summed E-state index contributed by atoms with van der Waals surface area (Å²) in [5, 5.41) is 109. The third-order valence-corrected chi connectivity index (χ3v) is 23.5. The predicted octanol–water partition coefficient (Wildman–Crippen LogP) is -10.5. The van der Waals surface area contributed by atoms with Crippen molar-refractivity contribution in [2.45, 2.75) is 279 Å². The number of amides is 20. The number of unbranched alkanes of at least 4 members (excludes halogenated alkanes) is 2. The van der Waals surface area contributed by atoms with Crippen molar-refractivity contribution in [1.82, 2.24) is 110 Å². The fourth-order valence-corrected chi connectivity index (χ4v) is 15.5. The van der Waals surface area contributed by atoms with E-state index in [-0.39, 0.29) is 109 Å². The monoisotopic (exact) mass is 2090 g/mol. The molecule has 0 aliphatic carbocycles. The zero-order valence-electron chi connectivity index (χ0n) is 82.7. The SMILES string of the molecule is CC(C)C[C@H](NC(=O)[C@@H]1CCCN1C(=O)[C@H](CC(=O)O)NC(=O)[C@H](C)NC(=O)[C@H](Cc1ccccc1)NC(=O)[C@@H]1CCCN1C(=O)[C@H](Cc1c[nH]cn1)NC(=O)[C@H](C)NC(=O)[C@@H](N)CO)C(=O)N[C@@H](CC(=O)O)C(=O)N[C@@H](CCC(=O)O)C(=O)N[C@@H](CO)C(=O)NCC(=O)N[C@@H](CCCCN)C(=O)N[C@@H](C)C(=O)N[C@@H](C)C(=O)N[C@@H](CCCCN)C(=O)N[C@@H](Cc1ccc(O)cc1)C(=O)N[C@@H](CCC(N)=O)C(=O)NCC(=O)O. The van der Waals surface area contributed by atoms with Gasteiger partial charge in [0.05, 0.1) is 44.6 Å². The Labute approximate surface area is 849 Å². The first-order chi connectivity index (χ1) is 70.0. The molecule has 20 amide bonds. The number of aromatic amines is 1. The van der Waals surface area contributed by atoms with Gasteiger partial charge in [0.1, 0.15) is 121 Å². The number of aliphatic carboxylic acids is 4. The summed E-state index contributed by atoms with van der Waals surface area (Å²) in [7, 11) is 0. The Bertz CT molecular complexity index is 5120. The zero-order valence-corrected chi connectivity index (χ0v) is 82.7. The van der Waals surface area contributed by atoms with Gasteiger partial charge in [-0.25, -0.2) is 4.98 Å². The highest BCUT2D eigenvalue weighted by Crippen LogP contribution is 2.24. The Morgan fingerprint density at radius 1 is 0.392 bits per heavy atom. The fraction of sp³-hybridized carbons (Fsp3) is 0.576. The quantitative estimate of drug-likeness (QED) is 0.0233. The van der Waals surface area contributed by atoms with Crippen LogP contribution < -0.4 is 113 Å². The Hall–Kier alpha value is -15.5. The van der Waals surface area contributed by atoms with E-state index in [4.69, 9.17) is 28.0 Å². The smallest absolute Gasteiger partial charge is 0.322 e. The molecule has 3 aromatic rings. The van der Waals surface area contributed by atoms with Crippen LogP contribution in [0.2, 0.25) is 0 Å². The molecule has 0 bridgehead atoms. The van der Waals surface area contributed by atoms with Gasteiger partial charge in [-0.1, -0.05) is 56.3 Å². The molecule has 3 heterocycles. The number of hydrogen-bond acceptors (Lipinski definition) is 31. The minimum Gasteiger partial charge on any atom is -0.508 e. The second kappa shape index (κ2) is 62.4. The van der Waals surface area contributed by atoms with Gasteiger partial charge in [0.25, 0.3) is 0 Å². The van der Waals surface area contributed by atoms with E-state index in [0.29, 0.717) is 29.7 Å². The Balaban J connectivity index is 1.23. The van der Waals surface area contributed by atoms with E-state index in [1.54, 1.807) is 44.2 Å². The van der Waals surface area contributed by atoms with Crippen LogP contribution in [0.5, 0.6) is 5.75 Å². The second-order valence-corrected chi connectivity index (χ2v) is 36.0. The molecule has 18 atom stereocenters. The van der Waals surface area contributed by atoms with Gasteiger partial charge in [0, 0.05) is 51.4 Å². The van der Waals surface area contributed by atoms with Crippen molar-refractivity contribution in [1.29, 1.82) is 0 Å². The lowest BCUT2D eigenvalue weighted by atomic mass is 10.0. The number of carboxylic acids is 4. The third kappa shape index (κ3) is 42.3. The molecule has 5 rings (SSSR count). The van der Waals surface area contributed by atoms with Crippen LogP contribution >= 0.6 is 0 Å². The number of nitrogens with zero attached hydrogens (tertiary/aromatic N) is 3. The average Bonchev–Trinajstić information content (AvgIpc) is 1.67. The highest BCUT2D eigenvalue weighted by molar-refractivity contribution is 6.03. The van der Waals surface area contributed by atoms with Gasteiger partial charge in [-0.05, 0) is 153 Å². The van der Waals surface area contributed by atoms with Crippen LogP contribution in [0.4, 0.5) is 0 Å². The van der Waals surface area contributed by atoms with Crippen LogP contribution in [-0.2, 0) is 134 Å². The minimum atomic E-state index is -2.16. The first-order valence-corrected chi connectivity index (χ1v) is 48.0. The number of aliphatic hydroxyl groups excluding tert-OH is 2. The van der Waals surface area contributed by atoms with Crippen LogP contribution in [0, 0.1) is 5.92 Å². The molecule has 56 heteroatoms. The molecule has 148 heavy (non-hydrogen) atoms. The molecular weight excluding hydrogens is 1950 g/mol. The molecule has 2 fully saturated rings. The maximum absolute atomic E-state index is 14.6. The summed E-state index contributed by atoms with van der Waals surface area (Å²) in [5.41, 5.74) is 23.5. The number of primary amides is 1. The number of aromatic hydroxyl groups is 1. The molecule has 2 aliphatic heterocycles. The van der Waals surface area contributed by atoms with Crippen molar-refractivity contribution in [3.63, 3.8) is 0 Å². The number of benzene rings is 2. The third-order valence-electron chi connectivity index (χ3n) is 23.5. The molecule has 33 N–H and O–H groups in total. The van der Waals surface area contributed by atoms with Crippen molar-refractivity contribution in [3.8, 4) is 5.75 Å². The predicted molar refractivity (Wildman–Crippen MR) is 516 cm³/mol. The van der Waals surface area contributed by atoms with Gasteiger partial charge >= 0.3 is 23.9 Å². The molecular formula is C92H137N25O31. The Kier molecular flexibility index (Phi) is 51.8. The van der Waals surface area contributed by atoms with Crippen molar-refractivity contribution in [3.05, 3.63) is 83.9 Å². The van der Waals surface area contributed by atoms with Crippen LogP contribution in [0.1, 0.15) is 168 Å². The van der Waals surface area contributed by atoms with E-state index < -0.39 is 322 Å². The summed E-state index contributed by atoms with van der Waals surface area (Å²) in [6, 6.07) is -15.0. The summed E-state index contributed by atoms with van der Waals surface area (Å²) in [6.07, 6.45) is -1.96. The van der Waals surface area contributed by atoms with Crippen LogP contribution in [-0.4, -0.2) is 359 Å². The molecule has 2 aliphatic rings. The van der Waals surface area contributed by atoms with Gasteiger partial charge in [-0.3, -0.25) is 115 Å². The zero-order chi connectivity index (χ0) is 110. The molecule has 0 unspecified atom stereocenters. The van der Waals surface area contributed by atoms with E-state index in [1.165, 1.54) is 69.4 Å². The molecule has 1 aromatic heterocycles. The molecule has 0 saturated carbocycles. The Morgan fingerprint density at radius 2 is 0.784 bits per heavy atom. The lowest BCUT2D eigenvalue weighted by molar-refractivity contribution is -0.146. The number of imidazole rings is 1. The summed E-state index contributed by atoms with van der Waals surface area (Å²) < 4.78 is 0. The number of carbonyl (C=O) groups excluding carboxylic acids is 20. The minimum absolute atomic E-state index is 0.00668. The molecule has 0 radical (unpaired) electrons. The number of likely N-dealkylation sites (tertiary alicyclic amines) is 2. The standard InChI is InChI=1S/C92H137N25O31/c1-46(2)34-60(111-89(145)67-20-15-33-117(67)92(148)65(39-73(127)128)114-78(134)50(6)104-85(141)61(35-51-16-8-7-9-17-51)112-90(146)68-21-14-32-116(68)91(147)64(37-53-40-97-45-100-53)113-77(133)49(5)102-79(135)55(95)43-118)86(142)110-63(38-72(125)126)88(144)108-59(27-29-71(123)124)84(140)115-66(44-119)81(137)98-41-70(122)105-56(18-10-12-30-93)82(138)103-47(3)75(131)101-48(4)76(132)106-57(19-11-13-31-94)83(139)109-62(36-52-22-24-54(120)25-23-52)87(143)107-58(26-28-69(96)121)80(136)99-42-74(129)130/h7-9,16-17,22-25,40,45-50,55-68,118-120H,10-15,18-21,26-39,41-44,93-95H2,1-6H3,(H2,96,121)(H,97,100)(H,98,137)(H,99,136)(H,101,131)(H,102,135)(H,103,138)(H,104,141)(H,105,122)(H,106,132)(H,107,143)(H,108,144)(H,109,139)(H,110,142)(H,111,145)(H,112,146)(H,113,133)(H,114,134)(H,115,140)(H,123,124)(H,125,126)(H,127,128)(H,129,130)/t47-,48-,49-,50-,55-,56-,57-,58-,59-,60-,61-,62-,63-,64-,65-,66-,67-,68-/m0/s1. The lowest BCUT2D eigenvalue weighted by Gasteiger charge is -2.31. The maximum Gasteiger partial charge on any atom is 0.322 e. The summed E-state index contributed by atoms with van der Waals surface area (Å²) in [5.74, 6) is -27.8. The van der Waals surface area contributed by atoms with Crippen molar-refractivity contribution in [2.75, 3.05) is 52.5 Å². The first-order valence-electron chi connectivity index (χ1n) is 48.0. The van der Waals surface area contributed by atoms with Gasteiger partial charge in [-0.2, -0.15) is 0 Å². The number of aliphatic hydroxyl groups is 2. The second-order valence-electron chi connectivity index (χ2n) is 36.0. The van der Waals surface area contributed by atoms with Crippen LogP contribution in [0.25, 0.3) is 0 Å². The van der Waals surface area contributed by atoms with Gasteiger partial charge in [0.15, 0.2) is 0 Å². The highest BCUT2D eigenvalue weighted by Gasteiger charge is 2.45. The highest BCUT2D eigenvalue weighted by atomic mass is 16.4. The van der Waals surface area contributed by atoms with Crippen LogP contribution in [0.3, 0.4) is 0 Å². The fourth-order valence-electron chi connectivity index (χ4n) is 15.5. The van der Waals surface area contributed by atoms with Gasteiger partial charge in [-0.15, -0.1) is 0 Å². The maximum atomic E-state index is 14.6. The Morgan fingerprint density at radius 3 is 1.28 bits per heavy atom. The van der Waals surface area contributed by atoms with E-state index in [9.17, 15) is 146 Å². The average molecular weight is 2090 g/mol. The van der Waals surface area contributed by atoms with E-state index in [1.807, 2.05) is 0 Å². The number of carboxylic acid groups (broad SMARTS) is 4. The number of nitrogens with one attached hydrogen (secondary N) is 18. The number of carbonyl (C=O) groups is 24. The van der Waals surface area contributed by atoms with Gasteiger partial charge in [0.2, 0.25) is 118 Å². The number of aromatic nitrogens is 2. The summed E-state index contributed by atoms with van der Waals surface area (Å²) >= 11 is 0. The van der Waals surface area contributed by atoms with Crippen molar-refractivity contribution in [2.24, 2.45) is 28.9 Å². The summed E-state index contributed by atoms with van der Waals surface area (Å²) in [6.45, 7) is 4.28. The largest absolute Gasteiger partial charge is 0.508 e. The number of phenols is 1. The van der Waals surface area contributed by atoms with E-state index in [0.717, 1.165) is 4.90 Å². The van der Waals surface area contributed by atoms with Crippen LogP contribution in [0.15, 0.2) is 67.1 Å². The van der Waals surface area contributed by atoms with Gasteiger partial charge < -0.3 is 164 Å². The molecule has 2 aromatic carbocycles. The summed E-state index contributed by atoms with van der Waals surface area (Å²) in [4.78, 5) is 334. The molecule has 816 valence electrons. The number of rotatable bonds is 65. The topological polar surface area (TPSA) is 895 Å². The molecule has 0 spiro atoms. The molecule has 56 nitrogen and oxygen atoms in total.